The molecule has 0 unspecified atom stereocenters. The zero-order valence-corrected chi connectivity index (χ0v) is 12.3. The topological polar surface area (TPSA) is 18.5 Å². The average molecular weight is 270 g/mol. The highest BCUT2D eigenvalue weighted by Crippen LogP contribution is 2.21. The van der Waals surface area contributed by atoms with Gasteiger partial charge in [0.15, 0.2) is 6.29 Å². The summed E-state index contributed by atoms with van der Waals surface area (Å²) in [7, 11) is 0. The molecule has 0 spiro atoms. The van der Waals surface area contributed by atoms with Crippen LogP contribution in [0.5, 0.6) is 0 Å². The molecule has 0 aliphatic carbocycles. The van der Waals surface area contributed by atoms with E-state index in [4.69, 9.17) is 9.47 Å². The summed E-state index contributed by atoms with van der Waals surface area (Å²) in [4.78, 5) is 0. The summed E-state index contributed by atoms with van der Waals surface area (Å²) in [5.41, 5.74) is 2.72. The van der Waals surface area contributed by atoms with E-state index in [0.717, 1.165) is 26.1 Å². The van der Waals surface area contributed by atoms with Crippen molar-refractivity contribution in [2.75, 3.05) is 13.2 Å². The molecule has 1 saturated heterocycles. The van der Waals surface area contributed by atoms with Crippen LogP contribution < -0.4 is 0 Å². The van der Waals surface area contributed by atoms with Crippen molar-refractivity contribution in [3.8, 4) is 0 Å². The van der Waals surface area contributed by atoms with Crippen molar-refractivity contribution in [2.24, 2.45) is 5.92 Å². The minimum absolute atomic E-state index is 0.0323. The number of rotatable bonds is 3. The number of fused-ring (bicyclic) bond motifs is 1. The molecule has 2 aromatic carbocycles. The second-order valence-corrected chi connectivity index (χ2v) is 5.82. The highest BCUT2D eigenvalue weighted by atomic mass is 16.7. The van der Waals surface area contributed by atoms with E-state index in [1.165, 1.54) is 21.9 Å². The smallest absolute Gasteiger partial charge is 0.154 e. The standard InChI is InChI=1S/C18H22O2/c1-13-3-7-18-10-15(6-8-17(18)9-13)4-5-16-11-19-14(2)20-12-16/h3,6-10,14,16H,4-5,11-12H2,1-2H3. The molecule has 1 fully saturated rings. The lowest BCUT2D eigenvalue weighted by molar-refractivity contribution is -0.190. The quantitative estimate of drug-likeness (QED) is 0.836. The van der Waals surface area contributed by atoms with Crippen LogP contribution in [0.25, 0.3) is 10.8 Å². The van der Waals surface area contributed by atoms with Gasteiger partial charge < -0.3 is 9.47 Å². The summed E-state index contributed by atoms with van der Waals surface area (Å²) in [5.74, 6) is 0.528. The maximum absolute atomic E-state index is 5.54. The highest BCUT2D eigenvalue weighted by molar-refractivity contribution is 5.83. The molecule has 2 aromatic rings. The summed E-state index contributed by atoms with van der Waals surface area (Å²) in [6, 6.07) is 13.4. The Morgan fingerprint density at radius 3 is 2.50 bits per heavy atom. The van der Waals surface area contributed by atoms with Gasteiger partial charge in [-0.05, 0) is 43.0 Å². The Hall–Kier alpha value is -1.38. The summed E-state index contributed by atoms with van der Waals surface area (Å²) in [5, 5.41) is 2.66. The molecule has 1 aliphatic heterocycles. The first kappa shape index (κ1) is 13.6. The van der Waals surface area contributed by atoms with E-state index in [-0.39, 0.29) is 6.29 Å². The van der Waals surface area contributed by atoms with Gasteiger partial charge >= 0.3 is 0 Å². The lowest BCUT2D eigenvalue weighted by Gasteiger charge is -2.27. The minimum Gasteiger partial charge on any atom is -0.353 e. The second-order valence-electron chi connectivity index (χ2n) is 5.82. The second kappa shape index (κ2) is 5.94. The lowest BCUT2D eigenvalue weighted by atomic mass is 9.98. The van der Waals surface area contributed by atoms with Crippen LogP contribution in [0.3, 0.4) is 0 Å². The van der Waals surface area contributed by atoms with Gasteiger partial charge in [-0.25, -0.2) is 0 Å². The van der Waals surface area contributed by atoms with Gasteiger partial charge in [0.25, 0.3) is 0 Å². The van der Waals surface area contributed by atoms with E-state index < -0.39 is 0 Å². The van der Waals surface area contributed by atoms with Crippen molar-refractivity contribution in [2.45, 2.75) is 33.0 Å². The van der Waals surface area contributed by atoms with E-state index in [0.29, 0.717) is 5.92 Å². The molecule has 3 rings (SSSR count). The maximum atomic E-state index is 5.54. The number of benzene rings is 2. The van der Waals surface area contributed by atoms with E-state index in [2.05, 4.69) is 43.3 Å². The maximum Gasteiger partial charge on any atom is 0.154 e. The largest absolute Gasteiger partial charge is 0.353 e. The van der Waals surface area contributed by atoms with E-state index in [9.17, 15) is 0 Å². The van der Waals surface area contributed by atoms with Gasteiger partial charge in [-0.15, -0.1) is 0 Å². The minimum atomic E-state index is -0.0323. The molecule has 0 bridgehead atoms. The van der Waals surface area contributed by atoms with Crippen LogP contribution in [0.2, 0.25) is 0 Å². The van der Waals surface area contributed by atoms with Crippen molar-refractivity contribution in [1.82, 2.24) is 0 Å². The lowest BCUT2D eigenvalue weighted by Crippen LogP contribution is -2.30. The Morgan fingerprint density at radius 2 is 1.70 bits per heavy atom. The zero-order chi connectivity index (χ0) is 13.9. The molecular formula is C18H22O2. The Morgan fingerprint density at radius 1 is 1.00 bits per heavy atom. The summed E-state index contributed by atoms with van der Waals surface area (Å²) >= 11 is 0. The van der Waals surface area contributed by atoms with Gasteiger partial charge in [0.1, 0.15) is 0 Å². The monoisotopic (exact) mass is 270 g/mol. The Labute approximate surface area is 120 Å². The molecule has 106 valence electrons. The molecule has 2 heteroatoms. The Kier molecular flexibility index (Phi) is 4.04. The van der Waals surface area contributed by atoms with Crippen LogP contribution in [-0.4, -0.2) is 19.5 Å². The molecule has 0 atom stereocenters. The summed E-state index contributed by atoms with van der Waals surface area (Å²) in [6.07, 6.45) is 2.19. The van der Waals surface area contributed by atoms with Crippen LogP contribution in [0.4, 0.5) is 0 Å². The molecule has 2 nitrogen and oxygen atoms in total. The van der Waals surface area contributed by atoms with Gasteiger partial charge in [0.2, 0.25) is 0 Å². The fourth-order valence-corrected chi connectivity index (χ4v) is 2.75. The highest BCUT2D eigenvalue weighted by Gasteiger charge is 2.18. The Balaban J connectivity index is 1.64. The average Bonchev–Trinajstić information content (AvgIpc) is 2.46. The van der Waals surface area contributed by atoms with E-state index >= 15 is 0 Å². The third kappa shape index (κ3) is 3.20. The molecular weight excluding hydrogens is 248 g/mol. The summed E-state index contributed by atoms with van der Waals surface area (Å²) in [6.45, 7) is 5.75. The Bertz CT molecular complexity index is 583. The van der Waals surface area contributed by atoms with Crippen molar-refractivity contribution in [1.29, 1.82) is 0 Å². The van der Waals surface area contributed by atoms with Crippen LogP contribution >= 0.6 is 0 Å². The van der Waals surface area contributed by atoms with Crippen LogP contribution in [-0.2, 0) is 15.9 Å². The number of hydrogen-bond donors (Lipinski definition) is 0. The number of ether oxygens (including phenoxy) is 2. The SMILES string of the molecule is Cc1ccc2cc(CCC3COC(C)OC3)ccc2c1. The van der Waals surface area contributed by atoms with Crippen LogP contribution in [0, 0.1) is 12.8 Å². The molecule has 20 heavy (non-hydrogen) atoms. The third-order valence-electron chi connectivity index (χ3n) is 4.03. The van der Waals surface area contributed by atoms with Gasteiger partial charge in [0.05, 0.1) is 13.2 Å². The van der Waals surface area contributed by atoms with Gasteiger partial charge in [-0.2, -0.15) is 0 Å². The molecule has 0 N–H and O–H groups in total. The van der Waals surface area contributed by atoms with Crippen LogP contribution in [0.15, 0.2) is 36.4 Å². The molecule has 1 aliphatic rings. The molecule has 0 amide bonds. The first-order valence-corrected chi connectivity index (χ1v) is 7.43. The fourth-order valence-electron chi connectivity index (χ4n) is 2.75. The van der Waals surface area contributed by atoms with Gasteiger partial charge in [-0.3, -0.25) is 0 Å². The first-order valence-electron chi connectivity index (χ1n) is 7.43. The molecule has 0 saturated carbocycles. The third-order valence-corrected chi connectivity index (χ3v) is 4.03. The first-order chi connectivity index (χ1) is 9.70. The van der Waals surface area contributed by atoms with Crippen LogP contribution in [0.1, 0.15) is 24.5 Å². The zero-order valence-electron chi connectivity index (χ0n) is 12.3. The van der Waals surface area contributed by atoms with Crippen molar-refractivity contribution < 1.29 is 9.47 Å². The number of hydrogen-bond acceptors (Lipinski definition) is 2. The van der Waals surface area contributed by atoms with E-state index in [1.807, 2.05) is 6.92 Å². The predicted octanol–water partition coefficient (Wildman–Crippen LogP) is 4.09. The van der Waals surface area contributed by atoms with Gasteiger partial charge in [0, 0.05) is 5.92 Å². The van der Waals surface area contributed by atoms with Crippen molar-refractivity contribution >= 4 is 10.8 Å². The predicted molar refractivity (Wildman–Crippen MR) is 81.9 cm³/mol. The van der Waals surface area contributed by atoms with Gasteiger partial charge in [-0.1, -0.05) is 42.0 Å². The molecule has 0 radical (unpaired) electrons. The van der Waals surface area contributed by atoms with Crippen molar-refractivity contribution in [3.63, 3.8) is 0 Å². The molecule has 1 heterocycles. The molecule has 0 aromatic heterocycles. The van der Waals surface area contributed by atoms with Crippen molar-refractivity contribution in [3.05, 3.63) is 47.5 Å². The summed E-state index contributed by atoms with van der Waals surface area (Å²) < 4.78 is 11.1. The number of aryl methyl sites for hydroxylation is 2. The fraction of sp³-hybridized carbons (Fsp3) is 0.444. The normalized spacial score (nSPS) is 23.1. The van der Waals surface area contributed by atoms with E-state index in [1.54, 1.807) is 0 Å².